The Bertz CT molecular complexity index is 522. The number of anilines is 1. The minimum atomic E-state index is -0.759. The minimum Gasteiger partial charge on any atom is -0.324 e. The van der Waals surface area contributed by atoms with Crippen molar-refractivity contribution in [3.05, 3.63) is 28.8 Å². The van der Waals surface area contributed by atoms with E-state index in [1.54, 1.807) is 0 Å². The van der Waals surface area contributed by atoms with Crippen LogP contribution in [0.5, 0.6) is 0 Å². The van der Waals surface area contributed by atoms with Gasteiger partial charge in [0.05, 0.1) is 6.07 Å². The molecule has 0 radical (unpaired) electrons. The quantitative estimate of drug-likeness (QED) is 0.846. The maximum atomic E-state index is 11.9. The zero-order chi connectivity index (χ0) is 12.6. The molecule has 0 saturated heterocycles. The molecule has 1 aliphatic carbocycles. The highest BCUT2D eigenvalue weighted by atomic mass is 16.2. The van der Waals surface area contributed by atoms with Gasteiger partial charge in [-0.15, -0.1) is 0 Å². The number of benzene rings is 1. The van der Waals surface area contributed by atoms with E-state index in [0.717, 1.165) is 11.3 Å². The van der Waals surface area contributed by atoms with E-state index in [1.807, 2.05) is 32.9 Å². The minimum absolute atomic E-state index is 0.161. The third kappa shape index (κ3) is 1.91. The van der Waals surface area contributed by atoms with Gasteiger partial charge in [0.25, 0.3) is 0 Å². The summed E-state index contributed by atoms with van der Waals surface area (Å²) in [6.07, 6.45) is 1.36. The maximum Gasteiger partial charge on any atom is 0.244 e. The van der Waals surface area contributed by atoms with Gasteiger partial charge in [0.15, 0.2) is 0 Å². The van der Waals surface area contributed by atoms with E-state index in [4.69, 9.17) is 5.26 Å². The predicted molar refractivity (Wildman–Crippen MR) is 66.6 cm³/mol. The summed E-state index contributed by atoms with van der Waals surface area (Å²) in [5, 5.41) is 11.8. The first-order valence-electron chi connectivity index (χ1n) is 5.80. The van der Waals surface area contributed by atoms with E-state index in [0.29, 0.717) is 12.8 Å². The highest BCUT2D eigenvalue weighted by molar-refractivity contribution is 5.99. The Morgan fingerprint density at radius 3 is 2.47 bits per heavy atom. The van der Waals surface area contributed by atoms with Gasteiger partial charge in [-0.1, -0.05) is 6.07 Å². The molecule has 88 valence electrons. The van der Waals surface area contributed by atoms with E-state index < -0.39 is 5.41 Å². The molecular weight excluding hydrogens is 212 g/mol. The standard InChI is InChI=1S/C14H16N2O/c1-9-4-5-12(11(3)10(9)2)16-13(17)14(8-15)6-7-14/h4-5H,6-7H2,1-3H3,(H,16,17). The normalized spacial score (nSPS) is 16.1. The van der Waals surface area contributed by atoms with Gasteiger partial charge in [-0.25, -0.2) is 0 Å². The van der Waals surface area contributed by atoms with Crippen molar-refractivity contribution in [3.8, 4) is 6.07 Å². The molecule has 0 heterocycles. The van der Waals surface area contributed by atoms with Crippen LogP contribution >= 0.6 is 0 Å². The van der Waals surface area contributed by atoms with Gasteiger partial charge in [0.2, 0.25) is 5.91 Å². The van der Waals surface area contributed by atoms with Crippen molar-refractivity contribution >= 4 is 11.6 Å². The van der Waals surface area contributed by atoms with E-state index in [2.05, 4.69) is 11.4 Å². The smallest absolute Gasteiger partial charge is 0.244 e. The van der Waals surface area contributed by atoms with Crippen LogP contribution in [0.2, 0.25) is 0 Å². The SMILES string of the molecule is Cc1ccc(NC(=O)C2(C#N)CC2)c(C)c1C. The Morgan fingerprint density at radius 1 is 1.29 bits per heavy atom. The van der Waals surface area contributed by atoms with E-state index in [9.17, 15) is 4.79 Å². The molecule has 3 nitrogen and oxygen atoms in total. The highest BCUT2D eigenvalue weighted by Gasteiger charge is 2.50. The van der Waals surface area contributed by atoms with Crippen molar-refractivity contribution in [1.29, 1.82) is 5.26 Å². The number of aryl methyl sites for hydroxylation is 1. The fourth-order valence-electron chi connectivity index (χ4n) is 1.85. The fourth-order valence-corrected chi connectivity index (χ4v) is 1.85. The molecule has 1 N–H and O–H groups in total. The number of hydrogen-bond donors (Lipinski definition) is 1. The van der Waals surface area contributed by atoms with E-state index >= 15 is 0 Å². The summed E-state index contributed by atoms with van der Waals surface area (Å²) in [5.41, 5.74) is 3.53. The Hall–Kier alpha value is -1.82. The van der Waals surface area contributed by atoms with Crippen LogP contribution in [0.25, 0.3) is 0 Å². The first-order valence-corrected chi connectivity index (χ1v) is 5.80. The van der Waals surface area contributed by atoms with Gasteiger partial charge in [-0.2, -0.15) is 5.26 Å². The van der Waals surface area contributed by atoms with Crippen molar-refractivity contribution in [2.75, 3.05) is 5.32 Å². The Kier molecular flexibility index (Phi) is 2.66. The molecule has 2 rings (SSSR count). The molecule has 0 aromatic heterocycles. The molecule has 0 unspecified atom stereocenters. The highest BCUT2D eigenvalue weighted by Crippen LogP contribution is 2.45. The molecule has 1 saturated carbocycles. The van der Waals surface area contributed by atoms with Crippen LogP contribution in [-0.2, 0) is 4.79 Å². The van der Waals surface area contributed by atoms with Crippen molar-refractivity contribution in [2.24, 2.45) is 5.41 Å². The summed E-state index contributed by atoms with van der Waals surface area (Å²) in [6, 6.07) is 6.00. The first-order chi connectivity index (χ1) is 8.00. The number of carbonyl (C=O) groups is 1. The number of nitrogens with zero attached hydrogens (tertiary/aromatic N) is 1. The molecule has 1 aliphatic rings. The average molecular weight is 228 g/mol. The maximum absolute atomic E-state index is 11.9. The number of rotatable bonds is 2. The third-order valence-corrected chi connectivity index (χ3v) is 3.70. The van der Waals surface area contributed by atoms with Crippen LogP contribution in [0, 0.1) is 37.5 Å². The number of nitrogens with one attached hydrogen (secondary N) is 1. The molecule has 1 amide bonds. The molecular formula is C14H16N2O. The summed E-state index contributed by atoms with van der Waals surface area (Å²) in [7, 11) is 0. The molecule has 0 aliphatic heterocycles. The fraction of sp³-hybridized carbons (Fsp3) is 0.429. The Labute approximate surface area is 101 Å². The zero-order valence-electron chi connectivity index (χ0n) is 10.4. The van der Waals surface area contributed by atoms with Crippen LogP contribution in [-0.4, -0.2) is 5.91 Å². The summed E-state index contributed by atoms with van der Waals surface area (Å²) < 4.78 is 0. The lowest BCUT2D eigenvalue weighted by molar-refractivity contribution is -0.119. The Morgan fingerprint density at radius 2 is 1.94 bits per heavy atom. The van der Waals surface area contributed by atoms with Gasteiger partial charge in [0, 0.05) is 5.69 Å². The second-order valence-electron chi connectivity index (χ2n) is 4.83. The molecule has 3 heteroatoms. The van der Waals surface area contributed by atoms with Crippen LogP contribution in [0.4, 0.5) is 5.69 Å². The third-order valence-electron chi connectivity index (χ3n) is 3.70. The monoisotopic (exact) mass is 228 g/mol. The number of hydrogen-bond acceptors (Lipinski definition) is 2. The number of nitriles is 1. The summed E-state index contributed by atoms with van der Waals surface area (Å²) in [6.45, 7) is 6.08. The van der Waals surface area contributed by atoms with Crippen molar-refractivity contribution in [3.63, 3.8) is 0 Å². The summed E-state index contributed by atoms with van der Waals surface area (Å²) in [5.74, 6) is -0.161. The van der Waals surface area contributed by atoms with E-state index in [1.165, 1.54) is 11.1 Å². The van der Waals surface area contributed by atoms with Gasteiger partial charge in [-0.3, -0.25) is 4.79 Å². The molecule has 1 aromatic rings. The van der Waals surface area contributed by atoms with Crippen LogP contribution in [0.15, 0.2) is 12.1 Å². The topological polar surface area (TPSA) is 52.9 Å². The lowest BCUT2D eigenvalue weighted by atomic mass is 10.0. The molecule has 1 fully saturated rings. The molecule has 0 bridgehead atoms. The average Bonchev–Trinajstić information content (AvgIpc) is 3.11. The van der Waals surface area contributed by atoms with Gasteiger partial charge < -0.3 is 5.32 Å². The molecule has 1 aromatic carbocycles. The molecule has 0 spiro atoms. The van der Waals surface area contributed by atoms with Crippen LogP contribution in [0.1, 0.15) is 29.5 Å². The zero-order valence-corrected chi connectivity index (χ0v) is 10.4. The second-order valence-corrected chi connectivity index (χ2v) is 4.83. The van der Waals surface area contributed by atoms with Crippen molar-refractivity contribution in [1.82, 2.24) is 0 Å². The van der Waals surface area contributed by atoms with Crippen LogP contribution in [0.3, 0.4) is 0 Å². The molecule has 0 atom stereocenters. The summed E-state index contributed by atoms with van der Waals surface area (Å²) >= 11 is 0. The number of amides is 1. The largest absolute Gasteiger partial charge is 0.324 e. The first kappa shape index (κ1) is 11.7. The summed E-state index contributed by atoms with van der Waals surface area (Å²) in [4.78, 5) is 11.9. The van der Waals surface area contributed by atoms with Crippen molar-refractivity contribution in [2.45, 2.75) is 33.6 Å². The van der Waals surface area contributed by atoms with Gasteiger partial charge >= 0.3 is 0 Å². The Balaban J connectivity index is 2.24. The van der Waals surface area contributed by atoms with E-state index in [-0.39, 0.29) is 5.91 Å². The lowest BCUT2D eigenvalue weighted by Crippen LogP contribution is -2.23. The van der Waals surface area contributed by atoms with Gasteiger partial charge in [0.1, 0.15) is 5.41 Å². The number of carbonyl (C=O) groups excluding carboxylic acids is 1. The van der Waals surface area contributed by atoms with Gasteiger partial charge in [-0.05, 0) is 56.4 Å². The second kappa shape index (κ2) is 3.89. The predicted octanol–water partition coefficient (Wildman–Crippen LogP) is 2.85. The molecule has 17 heavy (non-hydrogen) atoms. The van der Waals surface area contributed by atoms with Crippen molar-refractivity contribution < 1.29 is 4.79 Å². The van der Waals surface area contributed by atoms with Crippen LogP contribution < -0.4 is 5.32 Å². The lowest BCUT2D eigenvalue weighted by Gasteiger charge is -2.13.